The first-order valence-corrected chi connectivity index (χ1v) is 7.44. The van der Waals surface area contributed by atoms with Gasteiger partial charge in [-0.05, 0) is 43.0 Å². The molecular weight excluding hydrogens is 276 g/mol. The summed E-state index contributed by atoms with van der Waals surface area (Å²) in [6.07, 6.45) is 1.73. The maximum atomic E-state index is 11.4. The quantitative estimate of drug-likeness (QED) is 0.873. The van der Waals surface area contributed by atoms with E-state index in [1.165, 1.54) is 0 Å². The van der Waals surface area contributed by atoms with Crippen LogP contribution in [-0.4, -0.2) is 47.7 Å². The number of piperazine rings is 1. The molecule has 0 bridgehead atoms. The molecule has 1 heterocycles. The van der Waals surface area contributed by atoms with Gasteiger partial charge in [-0.1, -0.05) is 11.6 Å². The molecule has 0 aromatic heterocycles. The van der Waals surface area contributed by atoms with Crippen molar-refractivity contribution in [3.05, 3.63) is 33.8 Å². The molecule has 1 aromatic carbocycles. The molecule has 2 aliphatic rings. The van der Waals surface area contributed by atoms with Crippen LogP contribution in [0.15, 0.2) is 12.1 Å². The monoisotopic (exact) mass is 294 g/mol. The van der Waals surface area contributed by atoms with Gasteiger partial charge in [-0.3, -0.25) is 4.90 Å². The highest BCUT2D eigenvalue weighted by atomic mass is 35.5. The van der Waals surface area contributed by atoms with E-state index in [1.54, 1.807) is 6.07 Å². The molecule has 0 radical (unpaired) electrons. The third kappa shape index (κ3) is 2.55. The van der Waals surface area contributed by atoms with Crippen LogP contribution in [0.4, 0.5) is 0 Å². The number of aromatic carboxylic acids is 1. The fraction of sp³-hybridized carbons (Fsp3) is 0.533. The number of fused-ring (bicyclic) bond motifs is 1. The first-order chi connectivity index (χ1) is 9.54. The van der Waals surface area contributed by atoms with Gasteiger partial charge in [-0.15, -0.1) is 0 Å². The predicted octanol–water partition coefficient (Wildman–Crippen LogP) is 1.80. The number of hydrogen-bond donors (Lipinski definition) is 2. The van der Waals surface area contributed by atoms with Crippen LogP contribution in [0.3, 0.4) is 0 Å². The Labute approximate surface area is 123 Å². The van der Waals surface area contributed by atoms with Gasteiger partial charge in [0.15, 0.2) is 0 Å². The number of rotatable bonds is 2. The van der Waals surface area contributed by atoms with Gasteiger partial charge < -0.3 is 10.4 Å². The minimum Gasteiger partial charge on any atom is -0.478 e. The van der Waals surface area contributed by atoms with E-state index in [0.29, 0.717) is 22.7 Å². The minimum atomic E-state index is -0.877. The van der Waals surface area contributed by atoms with Crippen molar-refractivity contribution >= 4 is 17.6 Å². The Kier molecular flexibility index (Phi) is 3.71. The van der Waals surface area contributed by atoms with Crippen LogP contribution in [0, 0.1) is 0 Å². The van der Waals surface area contributed by atoms with Crippen molar-refractivity contribution in [3.8, 4) is 0 Å². The molecule has 1 aromatic rings. The molecule has 1 fully saturated rings. The lowest BCUT2D eigenvalue weighted by molar-refractivity contribution is 0.0695. The van der Waals surface area contributed by atoms with Crippen LogP contribution < -0.4 is 5.32 Å². The van der Waals surface area contributed by atoms with E-state index in [1.807, 2.05) is 6.07 Å². The molecule has 3 rings (SSSR count). The van der Waals surface area contributed by atoms with Crippen molar-refractivity contribution in [1.29, 1.82) is 0 Å². The van der Waals surface area contributed by atoms with Gasteiger partial charge in [0.2, 0.25) is 0 Å². The minimum absolute atomic E-state index is 0.373. The van der Waals surface area contributed by atoms with Crippen LogP contribution in [0.25, 0.3) is 0 Å². The van der Waals surface area contributed by atoms with Gasteiger partial charge in [0.25, 0.3) is 0 Å². The molecule has 1 aliphatic heterocycles. The summed E-state index contributed by atoms with van der Waals surface area (Å²) in [6.45, 7) is 5.24. The summed E-state index contributed by atoms with van der Waals surface area (Å²) in [5.41, 5.74) is 2.45. The van der Waals surface area contributed by atoms with Crippen molar-refractivity contribution in [1.82, 2.24) is 10.2 Å². The highest BCUT2D eigenvalue weighted by molar-refractivity contribution is 6.31. The largest absolute Gasteiger partial charge is 0.478 e. The predicted molar refractivity (Wildman–Crippen MR) is 78.6 cm³/mol. The molecule has 1 unspecified atom stereocenters. The van der Waals surface area contributed by atoms with Crippen molar-refractivity contribution < 1.29 is 9.90 Å². The number of benzene rings is 1. The summed E-state index contributed by atoms with van der Waals surface area (Å²) in [5, 5.41) is 13.3. The normalized spacial score (nSPS) is 26.5. The second-order valence-corrected chi connectivity index (χ2v) is 6.24. The lowest BCUT2D eigenvalue weighted by atomic mass is 10.0. The van der Waals surface area contributed by atoms with Crippen molar-refractivity contribution in [2.75, 3.05) is 19.6 Å². The maximum Gasteiger partial charge on any atom is 0.336 e. The number of nitrogens with one attached hydrogen (secondary N) is 1. The first kappa shape index (κ1) is 13.9. The number of carboxylic acids is 1. The van der Waals surface area contributed by atoms with Crippen molar-refractivity contribution in [3.63, 3.8) is 0 Å². The topological polar surface area (TPSA) is 52.6 Å². The standard InChI is InChI=1S/C15H19ClN2O2/c1-9-8-18(3-2-17-9)12-5-10-4-11(16)6-14(15(19)20)13(10)7-12/h4,6,9,12,17H,2-3,5,7-8H2,1H3,(H,19,20)/t9-,12?/m1/s1. The Balaban J connectivity index is 1.84. The van der Waals surface area contributed by atoms with Crippen LogP contribution in [-0.2, 0) is 12.8 Å². The van der Waals surface area contributed by atoms with E-state index in [0.717, 1.165) is 43.6 Å². The van der Waals surface area contributed by atoms with E-state index in [-0.39, 0.29) is 0 Å². The summed E-state index contributed by atoms with van der Waals surface area (Å²) in [7, 11) is 0. The zero-order valence-corrected chi connectivity index (χ0v) is 12.3. The molecule has 2 N–H and O–H groups in total. The number of nitrogens with zero attached hydrogens (tertiary/aromatic N) is 1. The van der Waals surface area contributed by atoms with E-state index in [2.05, 4.69) is 17.1 Å². The van der Waals surface area contributed by atoms with E-state index < -0.39 is 5.97 Å². The van der Waals surface area contributed by atoms with E-state index in [4.69, 9.17) is 11.6 Å². The number of halogens is 1. The molecule has 108 valence electrons. The second kappa shape index (κ2) is 5.35. The zero-order valence-electron chi connectivity index (χ0n) is 11.5. The lowest BCUT2D eigenvalue weighted by Gasteiger charge is -2.36. The molecule has 1 saturated heterocycles. The smallest absolute Gasteiger partial charge is 0.336 e. The van der Waals surface area contributed by atoms with E-state index >= 15 is 0 Å². The maximum absolute atomic E-state index is 11.4. The molecule has 20 heavy (non-hydrogen) atoms. The van der Waals surface area contributed by atoms with Gasteiger partial charge in [-0.2, -0.15) is 0 Å². The zero-order chi connectivity index (χ0) is 14.3. The SMILES string of the molecule is C[C@@H]1CN(C2Cc3cc(Cl)cc(C(=O)O)c3C2)CCN1. The molecule has 4 nitrogen and oxygen atoms in total. The lowest BCUT2D eigenvalue weighted by Crippen LogP contribution is -2.53. The Morgan fingerprint density at radius 2 is 2.25 bits per heavy atom. The highest BCUT2D eigenvalue weighted by Gasteiger charge is 2.32. The molecule has 1 aliphatic carbocycles. The molecule has 0 spiro atoms. The molecule has 0 saturated carbocycles. The van der Waals surface area contributed by atoms with Crippen LogP contribution in [0.1, 0.15) is 28.4 Å². The van der Waals surface area contributed by atoms with Gasteiger partial charge in [0.05, 0.1) is 5.56 Å². The van der Waals surface area contributed by atoms with Gasteiger partial charge in [0, 0.05) is 36.7 Å². The molecule has 5 heteroatoms. The van der Waals surface area contributed by atoms with Gasteiger partial charge >= 0.3 is 5.97 Å². The second-order valence-electron chi connectivity index (χ2n) is 5.81. The Hall–Kier alpha value is -1.10. The fourth-order valence-electron chi connectivity index (χ4n) is 3.42. The average molecular weight is 295 g/mol. The van der Waals surface area contributed by atoms with Crippen molar-refractivity contribution in [2.24, 2.45) is 0 Å². The molecule has 0 amide bonds. The number of carbonyl (C=O) groups is 1. The molecular formula is C15H19ClN2O2. The summed E-state index contributed by atoms with van der Waals surface area (Å²) in [6, 6.07) is 4.40. The number of carboxylic acid groups (broad SMARTS) is 1. The third-order valence-electron chi connectivity index (χ3n) is 4.35. The first-order valence-electron chi connectivity index (χ1n) is 7.06. The van der Waals surface area contributed by atoms with Crippen LogP contribution in [0.2, 0.25) is 5.02 Å². The van der Waals surface area contributed by atoms with Gasteiger partial charge in [-0.25, -0.2) is 4.79 Å². The van der Waals surface area contributed by atoms with Crippen LogP contribution >= 0.6 is 11.6 Å². The average Bonchev–Trinajstić information content (AvgIpc) is 2.81. The van der Waals surface area contributed by atoms with Crippen molar-refractivity contribution in [2.45, 2.75) is 31.8 Å². The van der Waals surface area contributed by atoms with Gasteiger partial charge in [0.1, 0.15) is 0 Å². The van der Waals surface area contributed by atoms with E-state index in [9.17, 15) is 9.90 Å². The Morgan fingerprint density at radius 3 is 2.95 bits per heavy atom. The fourth-order valence-corrected chi connectivity index (χ4v) is 3.66. The highest BCUT2D eigenvalue weighted by Crippen LogP contribution is 2.31. The molecule has 2 atom stereocenters. The number of hydrogen-bond acceptors (Lipinski definition) is 3. The van der Waals surface area contributed by atoms with Crippen LogP contribution in [0.5, 0.6) is 0 Å². The summed E-state index contributed by atoms with van der Waals surface area (Å²) in [4.78, 5) is 13.8. The summed E-state index contributed by atoms with van der Waals surface area (Å²) >= 11 is 6.04. The third-order valence-corrected chi connectivity index (χ3v) is 4.57. The Bertz CT molecular complexity index is 547. The summed E-state index contributed by atoms with van der Waals surface area (Å²) < 4.78 is 0. The Morgan fingerprint density at radius 1 is 1.45 bits per heavy atom. The summed E-state index contributed by atoms with van der Waals surface area (Å²) in [5.74, 6) is -0.877.